The summed E-state index contributed by atoms with van der Waals surface area (Å²) in [6.45, 7) is 1.72. The number of rotatable bonds is 2. The number of carbonyl (C=O) groups is 1. The number of hydrogen-bond acceptors (Lipinski definition) is 3. The van der Waals surface area contributed by atoms with Crippen LogP contribution in [0, 0.1) is 6.92 Å². The van der Waals surface area contributed by atoms with Gasteiger partial charge in [-0.05, 0) is 30.7 Å². The van der Waals surface area contributed by atoms with Gasteiger partial charge >= 0.3 is 5.97 Å². The second kappa shape index (κ2) is 5.28. The number of hydrogen-bond donors (Lipinski definition) is 2. The zero-order valence-electron chi connectivity index (χ0n) is 10.5. The van der Waals surface area contributed by atoms with Crippen LogP contribution >= 0.6 is 0 Å². The molecule has 2 atom stereocenters. The van der Waals surface area contributed by atoms with Crippen LogP contribution in [-0.4, -0.2) is 33.4 Å². The second-order valence-corrected chi connectivity index (χ2v) is 4.33. The third-order valence-corrected chi connectivity index (χ3v) is 2.78. The summed E-state index contributed by atoms with van der Waals surface area (Å²) < 4.78 is 27.8. The first-order chi connectivity index (χ1) is 9.40. The Morgan fingerprint density at radius 2 is 2.10 bits per heavy atom. The Bertz CT molecular complexity index is 676. The number of pyridine rings is 1. The molecule has 1 aliphatic carbocycles. The first-order valence-electron chi connectivity index (χ1n) is 5.77. The van der Waals surface area contributed by atoms with Gasteiger partial charge in [-0.3, -0.25) is 0 Å². The molecular weight excluding hydrogens is 270 g/mol. The summed E-state index contributed by atoms with van der Waals surface area (Å²) in [5.74, 6) is -1.41. The molecule has 1 aromatic rings. The van der Waals surface area contributed by atoms with E-state index in [4.69, 9.17) is 5.11 Å². The minimum absolute atomic E-state index is 0.0884. The van der Waals surface area contributed by atoms with Gasteiger partial charge in [-0.25, -0.2) is 18.6 Å². The van der Waals surface area contributed by atoms with Crippen molar-refractivity contribution in [3.05, 3.63) is 52.8 Å². The minimum atomic E-state index is -2.19. The molecule has 0 amide bonds. The molecule has 0 spiro atoms. The highest BCUT2D eigenvalue weighted by atomic mass is 19.2. The zero-order chi connectivity index (χ0) is 14.9. The summed E-state index contributed by atoms with van der Waals surface area (Å²) in [7, 11) is 0. The number of nitrogens with zero attached hydrogens (tertiary/aromatic N) is 2. The number of halogens is 2. The number of alkyl halides is 2. The van der Waals surface area contributed by atoms with Crippen molar-refractivity contribution in [3.8, 4) is 0 Å². The maximum atomic E-state index is 13.8. The average molecular weight is 282 g/mol. The molecular formula is C13H12F2N2O3. The molecule has 20 heavy (non-hydrogen) atoms. The molecule has 2 rings (SSSR count). The quantitative estimate of drug-likeness (QED) is 0.808. The van der Waals surface area contributed by atoms with Gasteiger partial charge in [-0.1, -0.05) is 6.07 Å². The molecule has 2 unspecified atom stereocenters. The first-order valence-corrected chi connectivity index (χ1v) is 5.77. The number of carboxylic acid groups (broad SMARTS) is 1. The highest BCUT2D eigenvalue weighted by molar-refractivity contribution is 5.91. The van der Waals surface area contributed by atoms with E-state index in [1.807, 2.05) is 0 Å². The molecule has 0 aromatic carbocycles. The Hall–Kier alpha value is -2.44. The molecule has 1 heterocycles. The lowest BCUT2D eigenvalue weighted by molar-refractivity contribution is -0.132. The topological polar surface area (TPSA) is 74.8 Å². The Kier molecular flexibility index (Phi) is 3.69. The zero-order valence-corrected chi connectivity index (χ0v) is 10.5. The standard InChI is InChI=1S/C13H12F2N2O3/c1-7-2-5-10(17(20)6-7)16-12-8(13(18)19)3-4-9(14)11(12)15/h2-6,9,11,20H,1H3,(H,18,19). The fourth-order valence-corrected chi connectivity index (χ4v) is 1.77. The molecule has 0 fully saturated rings. The molecule has 106 valence electrons. The monoisotopic (exact) mass is 282 g/mol. The number of aromatic nitrogens is 1. The lowest BCUT2D eigenvalue weighted by Crippen LogP contribution is -2.27. The van der Waals surface area contributed by atoms with E-state index in [0.717, 1.165) is 17.7 Å². The Morgan fingerprint density at radius 3 is 2.70 bits per heavy atom. The highest BCUT2D eigenvalue weighted by Gasteiger charge is 2.31. The molecule has 1 aromatic heterocycles. The third kappa shape index (κ3) is 2.61. The van der Waals surface area contributed by atoms with Crippen molar-refractivity contribution in [2.75, 3.05) is 0 Å². The van der Waals surface area contributed by atoms with Crippen LogP contribution in [-0.2, 0) is 4.79 Å². The number of allylic oxidation sites excluding steroid dienone is 2. The summed E-state index contributed by atoms with van der Waals surface area (Å²) in [6.07, 6.45) is -1.03. The van der Waals surface area contributed by atoms with E-state index >= 15 is 0 Å². The van der Waals surface area contributed by atoms with E-state index in [1.165, 1.54) is 12.3 Å². The van der Waals surface area contributed by atoms with Crippen molar-refractivity contribution in [2.24, 2.45) is 4.99 Å². The molecule has 7 heteroatoms. The van der Waals surface area contributed by atoms with Crippen LogP contribution in [0.4, 0.5) is 8.78 Å². The van der Waals surface area contributed by atoms with Gasteiger partial charge in [-0.15, -0.1) is 0 Å². The van der Waals surface area contributed by atoms with E-state index in [1.54, 1.807) is 13.0 Å². The average Bonchev–Trinajstić information content (AvgIpc) is 2.37. The fraction of sp³-hybridized carbons (Fsp3) is 0.231. The maximum absolute atomic E-state index is 13.8. The van der Waals surface area contributed by atoms with Crippen LogP contribution in [0.3, 0.4) is 0 Å². The van der Waals surface area contributed by atoms with Crippen molar-refractivity contribution < 1.29 is 23.9 Å². The smallest absolute Gasteiger partial charge is 0.337 e. The van der Waals surface area contributed by atoms with Crippen molar-refractivity contribution in [2.45, 2.75) is 19.3 Å². The van der Waals surface area contributed by atoms with Crippen molar-refractivity contribution >= 4 is 5.97 Å². The summed E-state index contributed by atoms with van der Waals surface area (Å²) in [5.41, 5.74) is -0.358. The SMILES string of the molecule is Cc1ccc(=NC2=C(C(=O)O)C=CC(F)C2F)n(O)c1. The maximum Gasteiger partial charge on any atom is 0.337 e. The van der Waals surface area contributed by atoms with Crippen LogP contribution in [0.1, 0.15) is 5.56 Å². The lowest BCUT2D eigenvalue weighted by Gasteiger charge is -2.17. The fourth-order valence-electron chi connectivity index (χ4n) is 1.77. The molecule has 5 nitrogen and oxygen atoms in total. The van der Waals surface area contributed by atoms with Crippen LogP contribution in [0.15, 0.2) is 46.7 Å². The number of aryl methyl sites for hydroxylation is 1. The van der Waals surface area contributed by atoms with E-state index in [2.05, 4.69) is 4.99 Å². The minimum Gasteiger partial charge on any atom is -0.478 e. The van der Waals surface area contributed by atoms with Gasteiger partial charge < -0.3 is 10.3 Å². The molecule has 0 radical (unpaired) electrons. The Morgan fingerprint density at radius 1 is 1.40 bits per heavy atom. The van der Waals surface area contributed by atoms with Crippen LogP contribution < -0.4 is 5.49 Å². The molecule has 1 aliphatic rings. The van der Waals surface area contributed by atoms with Crippen molar-refractivity contribution in [3.63, 3.8) is 0 Å². The number of aliphatic carboxylic acids is 1. The van der Waals surface area contributed by atoms with Crippen molar-refractivity contribution in [1.29, 1.82) is 0 Å². The van der Waals surface area contributed by atoms with Gasteiger partial charge in [0.2, 0.25) is 0 Å². The van der Waals surface area contributed by atoms with Gasteiger partial charge in [0.25, 0.3) is 0 Å². The predicted octanol–water partition coefficient (Wildman–Crippen LogP) is 1.52. The third-order valence-electron chi connectivity index (χ3n) is 2.78. The van der Waals surface area contributed by atoms with Gasteiger partial charge in [0.15, 0.2) is 17.8 Å². The van der Waals surface area contributed by atoms with Crippen LogP contribution in [0.5, 0.6) is 0 Å². The molecule has 0 aliphatic heterocycles. The molecule has 0 saturated heterocycles. The largest absolute Gasteiger partial charge is 0.478 e. The van der Waals surface area contributed by atoms with E-state index in [9.17, 15) is 18.8 Å². The van der Waals surface area contributed by atoms with Crippen LogP contribution in [0.25, 0.3) is 0 Å². The predicted molar refractivity (Wildman–Crippen MR) is 65.5 cm³/mol. The summed E-state index contributed by atoms with van der Waals surface area (Å²) >= 11 is 0. The summed E-state index contributed by atoms with van der Waals surface area (Å²) in [5, 5.41) is 18.6. The second-order valence-electron chi connectivity index (χ2n) is 4.33. The van der Waals surface area contributed by atoms with E-state index in [-0.39, 0.29) is 5.49 Å². The Labute approximate surface area is 112 Å². The van der Waals surface area contributed by atoms with Gasteiger partial charge in [0.1, 0.15) is 0 Å². The number of carboxylic acids is 1. The highest BCUT2D eigenvalue weighted by Crippen LogP contribution is 2.25. The summed E-state index contributed by atoms with van der Waals surface area (Å²) in [6, 6.07) is 2.98. The van der Waals surface area contributed by atoms with Crippen LogP contribution in [0.2, 0.25) is 0 Å². The van der Waals surface area contributed by atoms with Crippen molar-refractivity contribution in [1.82, 2.24) is 4.73 Å². The summed E-state index contributed by atoms with van der Waals surface area (Å²) in [4.78, 5) is 14.8. The van der Waals surface area contributed by atoms with Gasteiger partial charge in [-0.2, -0.15) is 4.73 Å². The molecule has 2 N–H and O–H groups in total. The van der Waals surface area contributed by atoms with E-state index < -0.39 is 29.6 Å². The molecule has 0 saturated carbocycles. The van der Waals surface area contributed by atoms with E-state index in [0.29, 0.717) is 4.73 Å². The normalized spacial score (nSPS) is 23.2. The van der Waals surface area contributed by atoms with Gasteiger partial charge in [0, 0.05) is 6.20 Å². The first kappa shape index (κ1) is 14.0. The molecule has 0 bridgehead atoms. The van der Waals surface area contributed by atoms with Gasteiger partial charge in [0.05, 0.1) is 11.3 Å². The Balaban J connectivity index is 2.62. The lowest BCUT2D eigenvalue weighted by atomic mass is 10.0.